The average molecular weight is 315 g/mol. The monoisotopic (exact) mass is 315 g/mol. The van der Waals surface area contributed by atoms with Crippen LogP contribution in [0.15, 0.2) is 36.9 Å². The molecule has 0 aliphatic rings. The number of aromatic nitrogens is 3. The van der Waals surface area contributed by atoms with E-state index in [1.807, 2.05) is 32.0 Å². The van der Waals surface area contributed by atoms with Crippen LogP contribution in [0.25, 0.3) is 0 Å². The van der Waals surface area contributed by atoms with Crippen LogP contribution in [0.3, 0.4) is 0 Å². The van der Waals surface area contributed by atoms with Crippen molar-refractivity contribution >= 4 is 11.8 Å². The number of amides is 2. The first-order chi connectivity index (χ1) is 11.1. The first kappa shape index (κ1) is 16.7. The van der Waals surface area contributed by atoms with Crippen molar-refractivity contribution in [3.8, 4) is 0 Å². The fourth-order valence-electron chi connectivity index (χ4n) is 2.21. The quantitative estimate of drug-likeness (QED) is 0.795. The van der Waals surface area contributed by atoms with Crippen LogP contribution < -0.4 is 10.6 Å². The van der Waals surface area contributed by atoms with Gasteiger partial charge in [-0.2, -0.15) is 5.10 Å². The fraction of sp³-hybridized carbons (Fsp3) is 0.375. The van der Waals surface area contributed by atoms with Gasteiger partial charge >= 0.3 is 0 Å². The number of benzene rings is 1. The molecule has 0 radical (unpaired) electrons. The number of nitrogens with zero attached hydrogens (tertiary/aromatic N) is 3. The smallest absolute Gasteiger partial charge is 0.251 e. The maximum atomic E-state index is 12.0. The van der Waals surface area contributed by atoms with Crippen molar-refractivity contribution in [2.45, 2.75) is 32.9 Å². The van der Waals surface area contributed by atoms with Crippen LogP contribution in [0, 0.1) is 6.92 Å². The summed E-state index contributed by atoms with van der Waals surface area (Å²) < 4.78 is 1.66. The van der Waals surface area contributed by atoms with Crippen molar-refractivity contribution in [1.82, 2.24) is 25.4 Å². The van der Waals surface area contributed by atoms with Crippen LogP contribution in [0.2, 0.25) is 0 Å². The highest BCUT2D eigenvalue weighted by Crippen LogP contribution is 2.06. The van der Waals surface area contributed by atoms with Gasteiger partial charge in [0.25, 0.3) is 5.91 Å². The summed E-state index contributed by atoms with van der Waals surface area (Å²) in [5.41, 5.74) is 1.54. The minimum atomic E-state index is -0.161. The van der Waals surface area contributed by atoms with Gasteiger partial charge in [0.15, 0.2) is 0 Å². The summed E-state index contributed by atoms with van der Waals surface area (Å²) in [5, 5.41) is 9.61. The molecule has 0 saturated carbocycles. The van der Waals surface area contributed by atoms with Gasteiger partial charge in [-0.05, 0) is 25.5 Å². The Morgan fingerprint density at radius 1 is 1.30 bits per heavy atom. The lowest BCUT2D eigenvalue weighted by Gasteiger charge is -2.14. The van der Waals surface area contributed by atoms with E-state index in [2.05, 4.69) is 20.7 Å². The molecule has 0 fully saturated rings. The Balaban J connectivity index is 1.70. The lowest BCUT2D eigenvalue weighted by Crippen LogP contribution is -2.37. The molecule has 122 valence electrons. The van der Waals surface area contributed by atoms with E-state index in [0.29, 0.717) is 18.7 Å². The Bertz CT molecular complexity index is 654. The zero-order chi connectivity index (χ0) is 16.7. The molecule has 1 unspecified atom stereocenters. The minimum Gasteiger partial charge on any atom is -0.352 e. The molecule has 0 bridgehead atoms. The molecule has 1 aromatic heterocycles. The van der Waals surface area contributed by atoms with Crippen molar-refractivity contribution in [3.05, 3.63) is 48.0 Å². The molecule has 0 aliphatic carbocycles. The second kappa shape index (κ2) is 8.07. The number of carbonyl (C=O) groups is 2. The number of aryl methyl sites for hydroxylation is 1. The number of carbonyl (C=O) groups excluding carboxylic acids is 2. The molecule has 0 saturated heterocycles. The molecule has 1 atom stereocenters. The zero-order valence-electron chi connectivity index (χ0n) is 13.3. The van der Waals surface area contributed by atoms with Gasteiger partial charge in [0.1, 0.15) is 12.7 Å². The van der Waals surface area contributed by atoms with Crippen molar-refractivity contribution in [3.63, 3.8) is 0 Å². The van der Waals surface area contributed by atoms with Gasteiger partial charge in [0.2, 0.25) is 5.91 Å². The van der Waals surface area contributed by atoms with E-state index >= 15 is 0 Å². The summed E-state index contributed by atoms with van der Waals surface area (Å²) in [6.45, 7) is 4.63. The zero-order valence-corrected chi connectivity index (χ0v) is 13.3. The first-order valence-corrected chi connectivity index (χ1v) is 7.52. The van der Waals surface area contributed by atoms with Gasteiger partial charge in [0, 0.05) is 24.6 Å². The van der Waals surface area contributed by atoms with Gasteiger partial charge in [0.05, 0.1) is 6.54 Å². The van der Waals surface area contributed by atoms with Gasteiger partial charge in [-0.1, -0.05) is 18.2 Å². The summed E-state index contributed by atoms with van der Waals surface area (Å²) in [6.07, 6.45) is 3.29. The summed E-state index contributed by atoms with van der Waals surface area (Å²) in [4.78, 5) is 27.7. The summed E-state index contributed by atoms with van der Waals surface area (Å²) >= 11 is 0. The molecule has 23 heavy (non-hydrogen) atoms. The third-order valence-electron chi connectivity index (χ3n) is 3.36. The second-order valence-corrected chi connectivity index (χ2v) is 5.41. The summed E-state index contributed by atoms with van der Waals surface area (Å²) in [6, 6.07) is 7.30. The average Bonchev–Trinajstić information content (AvgIpc) is 3.00. The van der Waals surface area contributed by atoms with Crippen LogP contribution in [-0.4, -0.2) is 39.2 Å². The van der Waals surface area contributed by atoms with Gasteiger partial charge in [-0.3, -0.25) is 14.3 Å². The van der Waals surface area contributed by atoms with Crippen molar-refractivity contribution in [2.24, 2.45) is 0 Å². The third kappa shape index (κ3) is 5.21. The van der Waals surface area contributed by atoms with Gasteiger partial charge in [-0.25, -0.2) is 4.98 Å². The van der Waals surface area contributed by atoms with Crippen LogP contribution in [0.5, 0.6) is 0 Å². The molecule has 0 aliphatic heterocycles. The third-order valence-corrected chi connectivity index (χ3v) is 3.36. The molecule has 1 heterocycles. The normalized spacial score (nSPS) is 11.7. The molecule has 2 amide bonds. The largest absolute Gasteiger partial charge is 0.352 e. The Kier molecular flexibility index (Phi) is 5.85. The lowest BCUT2D eigenvalue weighted by molar-refractivity contribution is -0.121. The molecule has 2 rings (SSSR count). The highest BCUT2D eigenvalue weighted by Gasteiger charge is 2.10. The van der Waals surface area contributed by atoms with E-state index in [1.165, 1.54) is 6.33 Å². The molecule has 0 spiro atoms. The van der Waals surface area contributed by atoms with Gasteiger partial charge < -0.3 is 10.6 Å². The SMILES string of the molecule is Cc1ccccc1C(=O)NCCC(=O)NC(C)Cn1cncn1. The van der Waals surface area contributed by atoms with Crippen LogP contribution in [-0.2, 0) is 11.3 Å². The van der Waals surface area contributed by atoms with E-state index in [-0.39, 0.29) is 24.3 Å². The second-order valence-electron chi connectivity index (χ2n) is 5.41. The Morgan fingerprint density at radius 2 is 2.09 bits per heavy atom. The van der Waals surface area contributed by atoms with Gasteiger partial charge in [-0.15, -0.1) is 0 Å². The number of hydrogen-bond donors (Lipinski definition) is 2. The van der Waals surface area contributed by atoms with E-state index < -0.39 is 0 Å². The van der Waals surface area contributed by atoms with Crippen molar-refractivity contribution < 1.29 is 9.59 Å². The lowest BCUT2D eigenvalue weighted by atomic mass is 10.1. The van der Waals surface area contributed by atoms with Crippen LogP contribution in [0.1, 0.15) is 29.3 Å². The van der Waals surface area contributed by atoms with E-state index in [4.69, 9.17) is 0 Å². The highest BCUT2D eigenvalue weighted by molar-refractivity contribution is 5.95. The molecule has 2 aromatic rings. The fourth-order valence-corrected chi connectivity index (χ4v) is 2.21. The van der Waals surface area contributed by atoms with Crippen molar-refractivity contribution in [2.75, 3.05) is 6.54 Å². The molecule has 1 aromatic carbocycles. The Morgan fingerprint density at radius 3 is 2.78 bits per heavy atom. The number of hydrogen-bond acceptors (Lipinski definition) is 4. The van der Waals surface area contributed by atoms with Crippen LogP contribution >= 0.6 is 0 Å². The molecule has 7 heteroatoms. The number of nitrogens with one attached hydrogen (secondary N) is 2. The topological polar surface area (TPSA) is 88.9 Å². The Labute approximate surface area is 135 Å². The predicted octanol–water partition coefficient (Wildman–Crippen LogP) is 0.911. The van der Waals surface area contributed by atoms with E-state index in [0.717, 1.165) is 5.56 Å². The maximum Gasteiger partial charge on any atom is 0.251 e. The molecular weight excluding hydrogens is 294 g/mol. The van der Waals surface area contributed by atoms with Crippen molar-refractivity contribution in [1.29, 1.82) is 0 Å². The predicted molar refractivity (Wildman–Crippen MR) is 85.8 cm³/mol. The summed E-state index contributed by atoms with van der Waals surface area (Å²) in [7, 11) is 0. The van der Waals surface area contributed by atoms with E-state index in [9.17, 15) is 9.59 Å². The molecular formula is C16H21N5O2. The highest BCUT2D eigenvalue weighted by atomic mass is 16.2. The minimum absolute atomic E-state index is 0.0590. The maximum absolute atomic E-state index is 12.0. The first-order valence-electron chi connectivity index (χ1n) is 7.52. The molecule has 2 N–H and O–H groups in total. The molecule has 7 nitrogen and oxygen atoms in total. The van der Waals surface area contributed by atoms with Crippen LogP contribution in [0.4, 0.5) is 0 Å². The Hall–Kier alpha value is -2.70. The summed E-state index contributed by atoms with van der Waals surface area (Å²) in [5.74, 6) is -0.269. The number of rotatable bonds is 7. The van der Waals surface area contributed by atoms with E-state index in [1.54, 1.807) is 17.1 Å². The standard InChI is InChI=1S/C16H21N5O2/c1-12-5-3-4-6-14(12)16(23)18-8-7-15(22)20-13(2)9-21-11-17-10-19-21/h3-6,10-11,13H,7-9H2,1-2H3,(H,18,23)(H,20,22).